The van der Waals surface area contributed by atoms with Crippen LogP contribution in [-0.4, -0.2) is 87.6 Å². The zero-order chi connectivity index (χ0) is 29.8. The van der Waals surface area contributed by atoms with E-state index in [9.17, 15) is 9.59 Å². The molecular weight excluding hydrogens is 588 g/mol. The van der Waals surface area contributed by atoms with Crippen LogP contribution >= 0.6 is 22.9 Å². The summed E-state index contributed by atoms with van der Waals surface area (Å²) >= 11 is 8.11. The van der Waals surface area contributed by atoms with Crippen molar-refractivity contribution in [3.8, 4) is 5.75 Å². The van der Waals surface area contributed by atoms with Gasteiger partial charge in [-0.1, -0.05) is 17.7 Å². The zero-order valence-electron chi connectivity index (χ0n) is 24.3. The molecule has 3 aromatic rings. The van der Waals surface area contributed by atoms with Gasteiger partial charge >= 0.3 is 0 Å². The van der Waals surface area contributed by atoms with Crippen LogP contribution < -0.4 is 21.1 Å². The summed E-state index contributed by atoms with van der Waals surface area (Å²) in [6.45, 7) is 6.19. The number of amides is 2. The predicted octanol–water partition coefficient (Wildman–Crippen LogP) is 3.76. The SMILES string of the molecule is CC(=O)N1CC=C(c2cc(N3CCCC(c4c(Cl)sc(C(N)=O)c4OC4CCN(C5CC5)CC4)C3)c3c(N)ncnn23)C1. The minimum atomic E-state index is -0.506. The Morgan fingerprint density at radius 2 is 1.93 bits per heavy atom. The number of ether oxygens (including phenoxy) is 1. The summed E-state index contributed by atoms with van der Waals surface area (Å²) in [5.41, 5.74) is 16.8. The fraction of sp³-hybridized carbons (Fsp3) is 0.533. The van der Waals surface area contributed by atoms with Crippen molar-refractivity contribution in [1.82, 2.24) is 24.4 Å². The molecule has 228 valence electrons. The molecule has 0 spiro atoms. The summed E-state index contributed by atoms with van der Waals surface area (Å²) in [4.78, 5) is 35.9. The van der Waals surface area contributed by atoms with Crippen molar-refractivity contribution in [2.45, 2.75) is 63.5 Å². The number of carbonyl (C=O) groups is 2. The van der Waals surface area contributed by atoms with Crippen molar-refractivity contribution in [3.05, 3.63) is 38.9 Å². The van der Waals surface area contributed by atoms with Gasteiger partial charge in [-0.15, -0.1) is 11.3 Å². The average molecular weight is 625 g/mol. The van der Waals surface area contributed by atoms with Gasteiger partial charge in [-0.3, -0.25) is 9.59 Å². The monoisotopic (exact) mass is 624 g/mol. The van der Waals surface area contributed by atoms with Crippen molar-refractivity contribution in [2.75, 3.05) is 49.9 Å². The number of primary amides is 1. The second-order valence-corrected chi connectivity index (χ2v) is 13.8. The molecule has 43 heavy (non-hydrogen) atoms. The van der Waals surface area contributed by atoms with E-state index in [2.05, 4.69) is 32.0 Å². The highest BCUT2D eigenvalue weighted by atomic mass is 35.5. The number of hydrogen-bond donors (Lipinski definition) is 2. The maximum Gasteiger partial charge on any atom is 0.262 e. The molecule has 0 bridgehead atoms. The summed E-state index contributed by atoms with van der Waals surface area (Å²) in [5, 5.41) is 4.55. The van der Waals surface area contributed by atoms with E-state index < -0.39 is 5.91 Å². The maximum absolute atomic E-state index is 12.5. The van der Waals surface area contributed by atoms with Crippen LogP contribution in [0.25, 0.3) is 11.1 Å². The summed E-state index contributed by atoms with van der Waals surface area (Å²) < 4.78 is 9.03. The molecule has 11 nitrogen and oxygen atoms in total. The van der Waals surface area contributed by atoms with Gasteiger partial charge in [0.25, 0.3) is 5.91 Å². The zero-order valence-corrected chi connectivity index (χ0v) is 25.9. The second kappa shape index (κ2) is 11.3. The summed E-state index contributed by atoms with van der Waals surface area (Å²) in [6.07, 6.45) is 9.83. The van der Waals surface area contributed by atoms with Crippen molar-refractivity contribution < 1.29 is 14.3 Å². The van der Waals surface area contributed by atoms with E-state index in [-0.39, 0.29) is 17.9 Å². The fourth-order valence-electron chi connectivity index (χ4n) is 6.92. The van der Waals surface area contributed by atoms with Crippen LogP contribution in [0.2, 0.25) is 4.34 Å². The van der Waals surface area contributed by atoms with Gasteiger partial charge in [0, 0.05) is 63.7 Å². The lowest BCUT2D eigenvalue weighted by Gasteiger charge is -2.35. The lowest BCUT2D eigenvalue weighted by Crippen LogP contribution is -2.39. The highest BCUT2D eigenvalue weighted by Gasteiger charge is 2.36. The van der Waals surface area contributed by atoms with Crippen molar-refractivity contribution in [2.24, 2.45) is 5.73 Å². The highest BCUT2D eigenvalue weighted by molar-refractivity contribution is 7.18. The molecule has 4 aliphatic rings. The molecular formula is C30H37ClN8O3S. The van der Waals surface area contributed by atoms with Crippen molar-refractivity contribution >= 4 is 57.3 Å². The van der Waals surface area contributed by atoms with Crippen LogP contribution in [0.15, 0.2) is 18.5 Å². The number of thiophene rings is 1. The molecule has 3 fully saturated rings. The molecule has 7 rings (SSSR count). The third-order valence-electron chi connectivity index (χ3n) is 9.33. The minimum Gasteiger partial charge on any atom is -0.488 e. The van der Waals surface area contributed by atoms with E-state index in [0.29, 0.717) is 40.4 Å². The van der Waals surface area contributed by atoms with Gasteiger partial charge in [0.05, 0.1) is 11.4 Å². The largest absolute Gasteiger partial charge is 0.488 e. The first kappa shape index (κ1) is 28.4. The Kier molecular flexibility index (Phi) is 7.46. The van der Waals surface area contributed by atoms with Crippen LogP contribution in [0.3, 0.4) is 0 Å². The van der Waals surface area contributed by atoms with E-state index in [0.717, 1.165) is 79.4 Å². The number of likely N-dealkylation sites (tertiary alicyclic amines) is 1. The average Bonchev–Trinajstić information content (AvgIpc) is 3.43. The number of fused-ring (bicyclic) bond motifs is 1. The molecule has 6 heterocycles. The van der Waals surface area contributed by atoms with E-state index in [1.807, 2.05) is 4.52 Å². The number of rotatable bonds is 7. The quantitative estimate of drug-likeness (QED) is 0.406. The predicted molar refractivity (Wildman–Crippen MR) is 168 cm³/mol. The molecule has 2 amide bonds. The molecule has 2 saturated heterocycles. The Morgan fingerprint density at radius 3 is 2.63 bits per heavy atom. The van der Waals surface area contributed by atoms with Gasteiger partial charge in [0.1, 0.15) is 32.9 Å². The molecule has 1 unspecified atom stereocenters. The molecule has 13 heteroatoms. The van der Waals surface area contributed by atoms with Gasteiger partial charge in [0.2, 0.25) is 5.91 Å². The molecule has 3 aliphatic heterocycles. The first-order valence-corrected chi connectivity index (χ1v) is 16.3. The van der Waals surface area contributed by atoms with Crippen LogP contribution in [-0.2, 0) is 4.79 Å². The van der Waals surface area contributed by atoms with Gasteiger partial charge in [-0.05, 0) is 50.2 Å². The smallest absolute Gasteiger partial charge is 0.262 e. The van der Waals surface area contributed by atoms with E-state index in [1.54, 1.807) is 11.8 Å². The normalized spacial score (nSPS) is 21.9. The molecule has 3 aromatic heterocycles. The van der Waals surface area contributed by atoms with Crippen molar-refractivity contribution in [1.29, 1.82) is 0 Å². The number of halogens is 1. The lowest BCUT2D eigenvalue weighted by atomic mass is 9.91. The molecule has 0 radical (unpaired) electrons. The third-order valence-corrected chi connectivity index (χ3v) is 10.8. The summed E-state index contributed by atoms with van der Waals surface area (Å²) in [5.74, 6) is 0.537. The van der Waals surface area contributed by atoms with Crippen LogP contribution in [0, 0.1) is 0 Å². The van der Waals surface area contributed by atoms with Gasteiger partial charge in [-0.25, -0.2) is 9.50 Å². The molecule has 1 aliphatic carbocycles. The Morgan fingerprint density at radius 1 is 1.14 bits per heavy atom. The van der Waals surface area contributed by atoms with Gasteiger partial charge in [-0.2, -0.15) is 5.10 Å². The topological polar surface area (TPSA) is 135 Å². The van der Waals surface area contributed by atoms with Gasteiger partial charge < -0.3 is 30.9 Å². The Balaban J connectivity index is 1.18. The summed E-state index contributed by atoms with van der Waals surface area (Å²) in [6, 6.07) is 2.85. The minimum absolute atomic E-state index is 0.0291. The van der Waals surface area contributed by atoms with E-state index >= 15 is 0 Å². The lowest BCUT2D eigenvalue weighted by molar-refractivity contribution is -0.127. The number of nitrogen functional groups attached to an aromatic ring is 1. The first-order chi connectivity index (χ1) is 20.8. The molecule has 0 aromatic carbocycles. The number of hydrogen-bond acceptors (Lipinski definition) is 9. The number of piperidine rings is 2. The maximum atomic E-state index is 12.5. The van der Waals surface area contributed by atoms with Gasteiger partial charge in [0.15, 0.2) is 5.82 Å². The number of aromatic nitrogens is 3. The fourth-order valence-corrected chi connectivity index (χ4v) is 8.29. The standard InChI is InChI=1S/C30H37ClN8O3S/c1-17(40)37-10-6-18(14-37)22-13-23(25-29(32)34-16-35-39(22)25)38-9-2-3-19(15-38)24-26(27(30(33)41)43-28(24)31)42-21-7-11-36(12-8-21)20-4-5-20/h6,13,16,19-21H,2-5,7-12,14-15H2,1H3,(H2,33,41)(H2,32,34,35). The summed E-state index contributed by atoms with van der Waals surface area (Å²) in [7, 11) is 0. The Labute approximate surface area is 259 Å². The van der Waals surface area contributed by atoms with E-state index in [1.165, 1.54) is 30.5 Å². The molecule has 4 N–H and O–H groups in total. The number of carbonyl (C=O) groups excluding carboxylic acids is 2. The number of anilines is 2. The number of nitrogens with zero attached hydrogens (tertiary/aromatic N) is 6. The molecule has 1 atom stereocenters. The Hall–Kier alpha value is -3.35. The highest BCUT2D eigenvalue weighted by Crippen LogP contribution is 2.48. The Bertz CT molecular complexity index is 1610. The first-order valence-electron chi connectivity index (χ1n) is 15.1. The van der Waals surface area contributed by atoms with Crippen LogP contribution in [0.5, 0.6) is 5.75 Å². The molecule has 1 saturated carbocycles. The van der Waals surface area contributed by atoms with Crippen molar-refractivity contribution in [3.63, 3.8) is 0 Å². The van der Waals surface area contributed by atoms with Crippen LogP contribution in [0.4, 0.5) is 11.5 Å². The third kappa shape index (κ3) is 5.33. The number of nitrogens with two attached hydrogens (primary N) is 2. The second-order valence-electron chi connectivity index (χ2n) is 12.1. The van der Waals surface area contributed by atoms with E-state index in [4.69, 9.17) is 27.8 Å². The van der Waals surface area contributed by atoms with Crippen LogP contribution in [0.1, 0.15) is 72.3 Å².